The van der Waals surface area contributed by atoms with Crippen LogP contribution in [0, 0.1) is 12.7 Å². The van der Waals surface area contributed by atoms with Crippen molar-refractivity contribution in [2.45, 2.75) is 20.3 Å². The van der Waals surface area contributed by atoms with Crippen LogP contribution in [0.1, 0.15) is 38.1 Å². The van der Waals surface area contributed by atoms with E-state index in [9.17, 15) is 18.8 Å². The van der Waals surface area contributed by atoms with Crippen molar-refractivity contribution in [2.24, 2.45) is 5.73 Å². The second-order valence-electron chi connectivity index (χ2n) is 5.20. The SMILES string of the molecule is CCOC(=O)c1c(NC(=O)Cc2ccc(F)cc2)sc(C(N)=O)c1C. The molecule has 0 saturated carbocycles. The van der Waals surface area contributed by atoms with Crippen LogP contribution in [0.3, 0.4) is 0 Å². The van der Waals surface area contributed by atoms with E-state index >= 15 is 0 Å². The van der Waals surface area contributed by atoms with Gasteiger partial charge < -0.3 is 15.8 Å². The number of primary amides is 1. The summed E-state index contributed by atoms with van der Waals surface area (Å²) in [4.78, 5) is 36.1. The van der Waals surface area contributed by atoms with Gasteiger partial charge in [-0.15, -0.1) is 11.3 Å². The number of ether oxygens (including phenoxy) is 1. The van der Waals surface area contributed by atoms with Gasteiger partial charge in [-0.25, -0.2) is 9.18 Å². The summed E-state index contributed by atoms with van der Waals surface area (Å²) in [6, 6.07) is 5.51. The number of carbonyl (C=O) groups excluding carboxylic acids is 3. The van der Waals surface area contributed by atoms with Gasteiger partial charge in [0.05, 0.1) is 23.5 Å². The number of hydrogen-bond donors (Lipinski definition) is 2. The van der Waals surface area contributed by atoms with Crippen molar-refractivity contribution in [3.05, 3.63) is 51.7 Å². The van der Waals surface area contributed by atoms with Crippen molar-refractivity contribution in [1.29, 1.82) is 0 Å². The van der Waals surface area contributed by atoms with Gasteiger partial charge in [0.2, 0.25) is 5.91 Å². The molecule has 25 heavy (non-hydrogen) atoms. The number of nitrogens with one attached hydrogen (secondary N) is 1. The summed E-state index contributed by atoms with van der Waals surface area (Å²) < 4.78 is 17.9. The van der Waals surface area contributed by atoms with Gasteiger partial charge in [0.25, 0.3) is 5.91 Å². The summed E-state index contributed by atoms with van der Waals surface area (Å²) >= 11 is 0.922. The smallest absolute Gasteiger partial charge is 0.341 e. The fraction of sp³-hybridized carbons (Fsp3) is 0.235. The van der Waals surface area contributed by atoms with Crippen LogP contribution in [-0.2, 0) is 16.0 Å². The predicted octanol–water partition coefficient (Wildman–Crippen LogP) is 2.65. The molecule has 2 rings (SSSR count). The minimum absolute atomic E-state index is 0.00853. The summed E-state index contributed by atoms with van der Waals surface area (Å²) in [5, 5.41) is 2.81. The second-order valence-corrected chi connectivity index (χ2v) is 6.22. The molecule has 1 aromatic carbocycles. The largest absolute Gasteiger partial charge is 0.462 e. The molecule has 0 bridgehead atoms. The third-order valence-corrected chi connectivity index (χ3v) is 4.60. The molecule has 0 radical (unpaired) electrons. The van der Waals surface area contributed by atoms with Crippen LogP contribution in [0.2, 0.25) is 0 Å². The fourth-order valence-corrected chi connectivity index (χ4v) is 3.31. The van der Waals surface area contributed by atoms with Gasteiger partial charge in [-0.05, 0) is 37.1 Å². The van der Waals surface area contributed by atoms with Crippen LogP contribution >= 0.6 is 11.3 Å². The number of thiophene rings is 1. The molecule has 0 saturated heterocycles. The number of halogens is 1. The van der Waals surface area contributed by atoms with Crippen LogP contribution in [0.25, 0.3) is 0 Å². The quantitative estimate of drug-likeness (QED) is 0.770. The van der Waals surface area contributed by atoms with E-state index in [1.54, 1.807) is 13.8 Å². The molecule has 0 aliphatic carbocycles. The summed E-state index contributed by atoms with van der Waals surface area (Å²) in [7, 11) is 0. The Morgan fingerprint density at radius 2 is 1.88 bits per heavy atom. The first-order valence-corrected chi connectivity index (χ1v) is 8.29. The summed E-state index contributed by atoms with van der Waals surface area (Å²) in [6.07, 6.45) is -0.00853. The Bertz CT molecular complexity index is 815. The lowest BCUT2D eigenvalue weighted by Crippen LogP contribution is -2.16. The van der Waals surface area contributed by atoms with E-state index in [1.165, 1.54) is 24.3 Å². The van der Waals surface area contributed by atoms with Crippen molar-refractivity contribution in [1.82, 2.24) is 0 Å². The van der Waals surface area contributed by atoms with Crippen LogP contribution in [0.4, 0.5) is 9.39 Å². The first-order valence-electron chi connectivity index (χ1n) is 7.48. The average molecular weight is 364 g/mol. The highest BCUT2D eigenvalue weighted by atomic mass is 32.1. The number of amides is 2. The minimum atomic E-state index is -0.688. The highest BCUT2D eigenvalue weighted by molar-refractivity contribution is 7.18. The average Bonchev–Trinajstić information content (AvgIpc) is 2.86. The number of rotatable bonds is 6. The zero-order valence-corrected chi connectivity index (χ0v) is 14.5. The van der Waals surface area contributed by atoms with E-state index in [4.69, 9.17) is 10.5 Å². The second kappa shape index (κ2) is 7.89. The van der Waals surface area contributed by atoms with Gasteiger partial charge in [-0.3, -0.25) is 9.59 Å². The number of benzene rings is 1. The molecule has 6 nitrogen and oxygen atoms in total. The van der Waals surface area contributed by atoms with E-state index in [2.05, 4.69) is 5.32 Å². The Labute approximate surface area is 147 Å². The van der Waals surface area contributed by atoms with Crippen molar-refractivity contribution in [3.8, 4) is 0 Å². The number of carbonyl (C=O) groups is 3. The normalized spacial score (nSPS) is 10.4. The Morgan fingerprint density at radius 1 is 1.24 bits per heavy atom. The molecule has 2 aromatic rings. The summed E-state index contributed by atoms with van der Waals surface area (Å²) in [5.74, 6) is -2.13. The molecular formula is C17H17FN2O4S. The van der Waals surface area contributed by atoms with E-state index in [0.717, 1.165) is 11.3 Å². The lowest BCUT2D eigenvalue weighted by molar-refractivity contribution is -0.115. The molecule has 8 heteroatoms. The third kappa shape index (κ3) is 4.42. The third-order valence-electron chi connectivity index (χ3n) is 3.38. The van der Waals surface area contributed by atoms with Crippen molar-refractivity contribution in [2.75, 3.05) is 11.9 Å². The molecule has 0 fully saturated rings. The standard InChI is InChI=1S/C17H17FN2O4S/c1-3-24-17(23)13-9(2)14(15(19)22)25-16(13)20-12(21)8-10-4-6-11(18)7-5-10/h4-7H,3,8H2,1-2H3,(H2,19,22)(H,20,21). The Hall–Kier alpha value is -2.74. The van der Waals surface area contributed by atoms with Crippen LogP contribution in [0.15, 0.2) is 24.3 Å². The van der Waals surface area contributed by atoms with E-state index in [1.807, 2.05) is 0 Å². The van der Waals surface area contributed by atoms with E-state index in [-0.39, 0.29) is 28.5 Å². The van der Waals surface area contributed by atoms with Gasteiger partial charge in [0, 0.05) is 0 Å². The van der Waals surface area contributed by atoms with E-state index < -0.39 is 23.6 Å². The van der Waals surface area contributed by atoms with Crippen molar-refractivity contribution < 1.29 is 23.5 Å². The molecule has 0 spiro atoms. The summed E-state index contributed by atoms with van der Waals surface area (Å²) in [6.45, 7) is 3.38. The lowest BCUT2D eigenvalue weighted by Gasteiger charge is -2.07. The van der Waals surface area contributed by atoms with Gasteiger partial charge in [-0.1, -0.05) is 12.1 Å². The molecule has 1 heterocycles. The Kier molecular flexibility index (Phi) is 5.87. The molecule has 1 aromatic heterocycles. The number of nitrogens with two attached hydrogens (primary N) is 1. The first kappa shape index (κ1) is 18.6. The predicted molar refractivity (Wildman–Crippen MR) is 92.3 cm³/mol. The molecule has 2 amide bonds. The fourth-order valence-electron chi connectivity index (χ4n) is 2.24. The van der Waals surface area contributed by atoms with Crippen LogP contribution < -0.4 is 11.1 Å². The van der Waals surface area contributed by atoms with Gasteiger partial charge in [-0.2, -0.15) is 0 Å². The minimum Gasteiger partial charge on any atom is -0.462 e. The zero-order chi connectivity index (χ0) is 18.6. The van der Waals surface area contributed by atoms with Gasteiger partial charge in [0.1, 0.15) is 10.8 Å². The highest BCUT2D eigenvalue weighted by Gasteiger charge is 2.25. The molecule has 0 unspecified atom stereocenters. The van der Waals surface area contributed by atoms with Crippen molar-refractivity contribution in [3.63, 3.8) is 0 Å². The van der Waals surface area contributed by atoms with Crippen LogP contribution in [0.5, 0.6) is 0 Å². The number of hydrogen-bond acceptors (Lipinski definition) is 5. The molecule has 132 valence electrons. The lowest BCUT2D eigenvalue weighted by atomic mass is 10.1. The highest BCUT2D eigenvalue weighted by Crippen LogP contribution is 2.33. The maximum Gasteiger partial charge on any atom is 0.341 e. The number of esters is 1. The van der Waals surface area contributed by atoms with Gasteiger partial charge in [0.15, 0.2) is 0 Å². The zero-order valence-electron chi connectivity index (χ0n) is 13.7. The monoisotopic (exact) mass is 364 g/mol. The topological polar surface area (TPSA) is 98.5 Å². The first-order chi connectivity index (χ1) is 11.8. The Balaban J connectivity index is 2.26. The molecule has 3 N–H and O–H groups in total. The number of anilines is 1. The Morgan fingerprint density at radius 3 is 2.44 bits per heavy atom. The maximum absolute atomic E-state index is 12.9. The molecule has 0 aliphatic heterocycles. The van der Waals surface area contributed by atoms with Crippen molar-refractivity contribution >= 4 is 34.1 Å². The van der Waals surface area contributed by atoms with E-state index in [0.29, 0.717) is 11.1 Å². The molecular weight excluding hydrogens is 347 g/mol. The van der Waals surface area contributed by atoms with Gasteiger partial charge >= 0.3 is 5.97 Å². The maximum atomic E-state index is 12.9. The summed E-state index contributed by atoms with van der Waals surface area (Å²) in [5.41, 5.74) is 6.41. The molecule has 0 atom stereocenters. The van der Waals surface area contributed by atoms with Crippen LogP contribution in [-0.4, -0.2) is 24.4 Å². The molecule has 0 aliphatic rings.